The van der Waals surface area contributed by atoms with Crippen molar-refractivity contribution in [1.29, 1.82) is 0 Å². The summed E-state index contributed by atoms with van der Waals surface area (Å²) in [4.78, 5) is 0. The number of hydrogen-bond acceptors (Lipinski definition) is 0. The minimum absolute atomic E-state index is 0.0768. The summed E-state index contributed by atoms with van der Waals surface area (Å²) in [6.45, 7) is 2.27. The molecule has 1 fully saturated rings. The van der Waals surface area contributed by atoms with Gasteiger partial charge in [-0.3, -0.25) is 0 Å². The average Bonchev–Trinajstić information content (AvgIpc) is 2.77. The van der Waals surface area contributed by atoms with E-state index in [1.165, 1.54) is 82.6 Å². The fraction of sp³-hybridized carbons (Fsp3) is 0.630. The molecule has 1 saturated carbocycles. The highest BCUT2D eigenvalue weighted by molar-refractivity contribution is 5.35. The van der Waals surface area contributed by atoms with E-state index in [2.05, 4.69) is 19.1 Å². The zero-order valence-corrected chi connectivity index (χ0v) is 18.4. The summed E-state index contributed by atoms with van der Waals surface area (Å²) >= 11 is 0. The summed E-state index contributed by atoms with van der Waals surface area (Å²) in [7, 11) is 0. The summed E-state index contributed by atoms with van der Waals surface area (Å²) in [6, 6.07) is 2.25. The fourth-order valence-electron chi connectivity index (χ4n) is 5.15. The number of rotatable bonds is 10. The van der Waals surface area contributed by atoms with E-state index in [1.807, 2.05) is 6.08 Å². The second-order valence-electron chi connectivity index (χ2n) is 9.33. The van der Waals surface area contributed by atoms with Gasteiger partial charge in [0.25, 0.3) is 0 Å². The Morgan fingerprint density at radius 3 is 2.07 bits per heavy atom. The van der Waals surface area contributed by atoms with Crippen molar-refractivity contribution in [3.63, 3.8) is 0 Å². The molecule has 0 nitrogen and oxygen atoms in total. The SMILES string of the molecule is CCCCCCCCC[C@H]1CC[C@H](C2=CCC(c3cc(F)c(F)c(F)c3)C=C2)CC1. The predicted molar refractivity (Wildman–Crippen MR) is 119 cm³/mol. The van der Waals surface area contributed by atoms with Crippen molar-refractivity contribution in [3.05, 3.63) is 58.9 Å². The maximum absolute atomic E-state index is 13.5. The van der Waals surface area contributed by atoms with Crippen LogP contribution in [0.5, 0.6) is 0 Å². The van der Waals surface area contributed by atoms with Gasteiger partial charge in [0.1, 0.15) is 0 Å². The molecular formula is C27H37F3. The van der Waals surface area contributed by atoms with E-state index in [-0.39, 0.29) is 5.92 Å². The normalized spacial score (nSPS) is 24.1. The smallest absolute Gasteiger partial charge is 0.194 e. The number of halogens is 3. The van der Waals surface area contributed by atoms with Crippen LogP contribution in [0, 0.1) is 29.3 Å². The van der Waals surface area contributed by atoms with Crippen molar-refractivity contribution in [2.75, 3.05) is 0 Å². The third-order valence-electron chi connectivity index (χ3n) is 7.10. The molecule has 3 rings (SSSR count). The molecular weight excluding hydrogens is 381 g/mol. The van der Waals surface area contributed by atoms with Crippen LogP contribution in [0.4, 0.5) is 13.2 Å². The highest BCUT2D eigenvalue weighted by atomic mass is 19.2. The third-order valence-corrected chi connectivity index (χ3v) is 7.10. The van der Waals surface area contributed by atoms with Gasteiger partial charge in [0.15, 0.2) is 17.5 Å². The Bertz CT molecular complexity index is 703. The molecule has 0 amide bonds. The molecule has 1 atom stereocenters. The van der Waals surface area contributed by atoms with Crippen LogP contribution in [0.3, 0.4) is 0 Å². The van der Waals surface area contributed by atoms with Crippen LogP contribution in [-0.2, 0) is 0 Å². The molecule has 0 bridgehead atoms. The minimum atomic E-state index is -1.39. The van der Waals surface area contributed by atoms with Gasteiger partial charge in [-0.05, 0) is 67.2 Å². The monoisotopic (exact) mass is 418 g/mol. The summed E-state index contributed by atoms with van der Waals surface area (Å²) in [5.41, 5.74) is 1.89. The van der Waals surface area contributed by atoms with Crippen molar-refractivity contribution in [2.45, 2.75) is 96.3 Å². The van der Waals surface area contributed by atoms with Gasteiger partial charge in [0, 0.05) is 5.92 Å². The molecule has 2 aliphatic carbocycles. The molecule has 30 heavy (non-hydrogen) atoms. The first kappa shape index (κ1) is 23.2. The molecule has 1 aromatic rings. The molecule has 0 aliphatic heterocycles. The Morgan fingerprint density at radius 2 is 1.47 bits per heavy atom. The molecule has 0 aromatic heterocycles. The van der Waals surface area contributed by atoms with Crippen molar-refractivity contribution >= 4 is 0 Å². The number of unbranched alkanes of at least 4 members (excludes halogenated alkanes) is 6. The van der Waals surface area contributed by atoms with Crippen LogP contribution in [0.15, 0.2) is 35.9 Å². The van der Waals surface area contributed by atoms with E-state index >= 15 is 0 Å². The standard InChI is InChI=1S/C27H37F3/c1-2-3-4-5-6-7-8-9-20-10-12-21(13-11-20)22-14-16-23(17-15-22)24-18-25(28)27(30)26(29)19-24/h14-16,18-21,23H,2-13,17H2,1H3/t20-,21-,23?. The van der Waals surface area contributed by atoms with E-state index in [0.29, 0.717) is 11.5 Å². The zero-order chi connectivity index (χ0) is 21.3. The Morgan fingerprint density at radius 1 is 0.833 bits per heavy atom. The lowest BCUT2D eigenvalue weighted by atomic mass is 9.75. The molecule has 0 saturated heterocycles. The Balaban J connectivity index is 1.38. The van der Waals surface area contributed by atoms with Crippen LogP contribution in [0.2, 0.25) is 0 Å². The maximum atomic E-state index is 13.5. The third kappa shape index (κ3) is 6.49. The maximum Gasteiger partial charge on any atom is 0.194 e. The Hall–Kier alpha value is -1.51. The van der Waals surface area contributed by atoms with Crippen LogP contribution < -0.4 is 0 Å². The van der Waals surface area contributed by atoms with Gasteiger partial charge < -0.3 is 0 Å². The molecule has 0 N–H and O–H groups in total. The van der Waals surface area contributed by atoms with Crippen LogP contribution >= 0.6 is 0 Å². The van der Waals surface area contributed by atoms with E-state index in [0.717, 1.165) is 24.5 Å². The van der Waals surface area contributed by atoms with Crippen LogP contribution in [0.25, 0.3) is 0 Å². The Kier molecular flexibility index (Phi) is 9.08. The minimum Gasteiger partial charge on any atom is -0.204 e. The van der Waals surface area contributed by atoms with E-state index in [9.17, 15) is 13.2 Å². The van der Waals surface area contributed by atoms with Crippen molar-refractivity contribution < 1.29 is 13.2 Å². The predicted octanol–water partition coefficient (Wildman–Crippen LogP) is 9.02. The van der Waals surface area contributed by atoms with Crippen molar-refractivity contribution in [3.8, 4) is 0 Å². The summed E-state index contributed by atoms with van der Waals surface area (Å²) < 4.78 is 40.2. The van der Waals surface area contributed by atoms with E-state index in [1.54, 1.807) is 0 Å². The van der Waals surface area contributed by atoms with E-state index < -0.39 is 17.5 Å². The number of benzene rings is 1. The number of allylic oxidation sites excluding steroid dienone is 4. The zero-order valence-electron chi connectivity index (χ0n) is 18.4. The molecule has 166 valence electrons. The highest BCUT2D eigenvalue weighted by Crippen LogP contribution is 2.39. The van der Waals surface area contributed by atoms with Crippen molar-refractivity contribution in [2.24, 2.45) is 11.8 Å². The highest BCUT2D eigenvalue weighted by Gasteiger charge is 2.24. The first-order valence-electron chi connectivity index (χ1n) is 12.1. The molecule has 2 aliphatic rings. The van der Waals surface area contributed by atoms with Crippen LogP contribution in [-0.4, -0.2) is 0 Å². The quantitative estimate of drug-likeness (QED) is 0.263. The van der Waals surface area contributed by atoms with E-state index in [4.69, 9.17) is 0 Å². The van der Waals surface area contributed by atoms with Gasteiger partial charge >= 0.3 is 0 Å². The van der Waals surface area contributed by atoms with Crippen molar-refractivity contribution in [1.82, 2.24) is 0 Å². The van der Waals surface area contributed by atoms with Gasteiger partial charge in [-0.25, -0.2) is 13.2 Å². The topological polar surface area (TPSA) is 0 Å². The largest absolute Gasteiger partial charge is 0.204 e. The number of hydrogen-bond donors (Lipinski definition) is 0. The summed E-state index contributed by atoms with van der Waals surface area (Å²) in [5.74, 6) is -2.16. The second kappa shape index (κ2) is 11.8. The lowest BCUT2D eigenvalue weighted by Crippen LogP contribution is -2.17. The molecule has 3 heteroatoms. The molecule has 1 aromatic carbocycles. The molecule has 1 unspecified atom stereocenters. The first-order chi connectivity index (χ1) is 14.6. The summed E-state index contributed by atoms with van der Waals surface area (Å²) in [5, 5.41) is 0. The van der Waals surface area contributed by atoms with Crippen LogP contribution in [0.1, 0.15) is 102 Å². The second-order valence-corrected chi connectivity index (χ2v) is 9.33. The van der Waals surface area contributed by atoms with Gasteiger partial charge in [-0.2, -0.15) is 0 Å². The van der Waals surface area contributed by atoms with Gasteiger partial charge in [-0.15, -0.1) is 0 Å². The lowest BCUT2D eigenvalue weighted by molar-refractivity contribution is 0.282. The lowest BCUT2D eigenvalue weighted by Gasteiger charge is -2.31. The Labute approximate surface area is 180 Å². The fourth-order valence-corrected chi connectivity index (χ4v) is 5.15. The van der Waals surface area contributed by atoms with Gasteiger partial charge in [-0.1, -0.05) is 76.5 Å². The first-order valence-corrected chi connectivity index (χ1v) is 12.1. The van der Waals surface area contributed by atoms with Gasteiger partial charge in [0.05, 0.1) is 0 Å². The summed E-state index contributed by atoms with van der Waals surface area (Å²) in [6.07, 6.45) is 23.3. The molecule has 0 radical (unpaired) electrons. The molecule has 0 heterocycles. The average molecular weight is 419 g/mol. The van der Waals surface area contributed by atoms with Gasteiger partial charge in [0.2, 0.25) is 0 Å². The molecule has 0 spiro atoms.